The monoisotopic (exact) mass is 305 g/mol. The Morgan fingerprint density at radius 1 is 1.27 bits per heavy atom. The van der Waals surface area contributed by atoms with Gasteiger partial charge in [0.25, 0.3) is 0 Å². The van der Waals surface area contributed by atoms with Crippen molar-refractivity contribution in [2.75, 3.05) is 13.1 Å². The number of nitrogens with one attached hydrogen (secondary N) is 1. The van der Waals surface area contributed by atoms with E-state index < -0.39 is 5.54 Å². The maximum Gasteiger partial charge on any atom is 0.239 e. The number of hydrogen-bond donors (Lipinski definition) is 3. The predicted molar refractivity (Wildman–Crippen MR) is 87.1 cm³/mol. The highest BCUT2D eigenvalue weighted by Crippen LogP contribution is 2.14. The minimum Gasteiger partial charge on any atom is -0.393 e. The number of benzene rings is 1. The minimum absolute atomic E-state index is 0.131. The molecule has 1 aliphatic rings. The molecule has 2 rings (SSSR count). The van der Waals surface area contributed by atoms with Crippen molar-refractivity contribution >= 4 is 5.91 Å². The lowest BCUT2D eigenvalue weighted by molar-refractivity contribution is -0.125. The zero-order valence-corrected chi connectivity index (χ0v) is 13.5. The van der Waals surface area contributed by atoms with Crippen molar-refractivity contribution in [3.63, 3.8) is 0 Å². The van der Waals surface area contributed by atoms with Crippen molar-refractivity contribution in [3.8, 4) is 0 Å². The van der Waals surface area contributed by atoms with Gasteiger partial charge in [0.2, 0.25) is 5.91 Å². The number of aliphatic hydroxyl groups is 1. The van der Waals surface area contributed by atoms with Crippen molar-refractivity contribution in [2.45, 2.75) is 51.4 Å². The lowest BCUT2D eigenvalue weighted by Gasteiger charge is -2.29. The highest BCUT2D eigenvalue weighted by molar-refractivity contribution is 5.84. The summed E-state index contributed by atoms with van der Waals surface area (Å²) in [5.41, 5.74) is 7.22. The summed E-state index contributed by atoms with van der Waals surface area (Å²) in [5, 5.41) is 12.4. The van der Waals surface area contributed by atoms with Crippen LogP contribution in [-0.2, 0) is 17.9 Å². The van der Waals surface area contributed by atoms with Crippen LogP contribution in [0.5, 0.6) is 0 Å². The first-order valence-corrected chi connectivity index (χ1v) is 7.90. The number of carbonyl (C=O) groups is 1. The highest BCUT2D eigenvalue weighted by Gasteiger charge is 2.21. The van der Waals surface area contributed by atoms with E-state index in [1.54, 1.807) is 13.8 Å². The Morgan fingerprint density at radius 3 is 2.36 bits per heavy atom. The molecule has 1 aromatic carbocycles. The zero-order valence-electron chi connectivity index (χ0n) is 13.5. The second-order valence-corrected chi connectivity index (χ2v) is 6.73. The molecule has 122 valence electrons. The number of piperidine rings is 1. The maximum atomic E-state index is 11.7. The third kappa shape index (κ3) is 5.09. The highest BCUT2D eigenvalue weighted by atomic mass is 16.3. The molecule has 1 heterocycles. The molecular weight excluding hydrogens is 278 g/mol. The molecule has 22 heavy (non-hydrogen) atoms. The van der Waals surface area contributed by atoms with Gasteiger partial charge in [-0.2, -0.15) is 0 Å². The van der Waals surface area contributed by atoms with E-state index in [9.17, 15) is 9.90 Å². The van der Waals surface area contributed by atoms with Crippen LogP contribution in [-0.4, -0.2) is 40.6 Å². The Bertz CT molecular complexity index is 486. The third-order valence-electron chi connectivity index (χ3n) is 4.02. The van der Waals surface area contributed by atoms with E-state index in [-0.39, 0.29) is 12.0 Å². The van der Waals surface area contributed by atoms with E-state index in [1.165, 1.54) is 5.56 Å². The van der Waals surface area contributed by atoms with Crippen LogP contribution in [0.2, 0.25) is 0 Å². The van der Waals surface area contributed by atoms with Gasteiger partial charge < -0.3 is 16.2 Å². The quantitative estimate of drug-likeness (QED) is 0.758. The molecule has 1 aliphatic heterocycles. The van der Waals surface area contributed by atoms with Crippen molar-refractivity contribution in [1.82, 2.24) is 10.2 Å². The molecule has 0 atom stereocenters. The Hall–Kier alpha value is -1.43. The largest absolute Gasteiger partial charge is 0.393 e. The van der Waals surface area contributed by atoms with Crippen molar-refractivity contribution < 1.29 is 9.90 Å². The predicted octanol–water partition coefficient (Wildman–Crippen LogP) is 0.997. The third-order valence-corrected chi connectivity index (χ3v) is 4.02. The van der Waals surface area contributed by atoms with Gasteiger partial charge in [0, 0.05) is 26.2 Å². The molecule has 5 nitrogen and oxygen atoms in total. The molecule has 1 fully saturated rings. The van der Waals surface area contributed by atoms with E-state index in [4.69, 9.17) is 5.73 Å². The SMILES string of the molecule is CC(C)(N)C(=O)NCc1ccc(CN2CCC(O)CC2)cc1. The molecule has 0 aliphatic carbocycles. The molecule has 0 radical (unpaired) electrons. The second kappa shape index (κ2) is 7.22. The van der Waals surface area contributed by atoms with E-state index in [0.29, 0.717) is 6.54 Å². The molecule has 1 aromatic rings. The van der Waals surface area contributed by atoms with E-state index in [0.717, 1.165) is 38.0 Å². The fraction of sp³-hybridized carbons (Fsp3) is 0.588. The Kier molecular flexibility index (Phi) is 5.56. The van der Waals surface area contributed by atoms with Crippen LogP contribution in [0.3, 0.4) is 0 Å². The van der Waals surface area contributed by atoms with Gasteiger partial charge in [-0.05, 0) is 37.8 Å². The standard InChI is InChI=1S/C17H27N3O2/c1-17(2,18)16(22)19-11-13-3-5-14(6-4-13)12-20-9-7-15(21)8-10-20/h3-6,15,21H,7-12,18H2,1-2H3,(H,19,22). The molecule has 0 unspecified atom stereocenters. The van der Waals surface area contributed by atoms with Gasteiger partial charge in [-0.25, -0.2) is 0 Å². The number of amides is 1. The molecule has 1 saturated heterocycles. The minimum atomic E-state index is -0.848. The Morgan fingerprint density at radius 2 is 1.82 bits per heavy atom. The summed E-state index contributed by atoms with van der Waals surface area (Å²) in [6.45, 7) is 6.70. The number of rotatable bonds is 5. The first kappa shape index (κ1) is 16.9. The van der Waals surface area contributed by atoms with Crippen LogP contribution in [0.1, 0.15) is 37.8 Å². The average molecular weight is 305 g/mol. The molecule has 4 N–H and O–H groups in total. The zero-order chi connectivity index (χ0) is 16.2. The number of likely N-dealkylation sites (tertiary alicyclic amines) is 1. The van der Waals surface area contributed by atoms with Crippen molar-refractivity contribution in [3.05, 3.63) is 35.4 Å². The molecule has 0 aromatic heterocycles. The van der Waals surface area contributed by atoms with Crippen LogP contribution >= 0.6 is 0 Å². The summed E-state index contributed by atoms with van der Waals surface area (Å²) in [7, 11) is 0. The second-order valence-electron chi connectivity index (χ2n) is 6.73. The number of nitrogens with zero attached hydrogens (tertiary/aromatic N) is 1. The van der Waals surface area contributed by atoms with Gasteiger partial charge in [-0.3, -0.25) is 9.69 Å². The molecule has 0 saturated carbocycles. The fourth-order valence-corrected chi connectivity index (χ4v) is 2.51. The summed E-state index contributed by atoms with van der Waals surface area (Å²) in [6.07, 6.45) is 1.59. The first-order valence-electron chi connectivity index (χ1n) is 7.90. The summed E-state index contributed by atoms with van der Waals surface area (Å²) in [6, 6.07) is 8.27. The topological polar surface area (TPSA) is 78.6 Å². The Labute approximate surface area is 132 Å². The Balaban J connectivity index is 1.81. The van der Waals surface area contributed by atoms with Gasteiger partial charge in [-0.1, -0.05) is 24.3 Å². The summed E-state index contributed by atoms with van der Waals surface area (Å²) < 4.78 is 0. The molecular formula is C17H27N3O2. The number of nitrogens with two attached hydrogens (primary N) is 1. The summed E-state index contributed by atoms with van der Waals surface area (Å²) in [5.74, 6) is -0.150. The molecule has 5 heteroatoms. The van der Waals surface area contributed by atoms with Crippen molar-refractivity contribution in [1.29, 1.82) is 0 Å². The van der Waals surface area contributed by atoms with Crippen LogP contribution in [0, 0.1) is 0 Å². The van der Waals surface area contributed by atoms with Crippen LogP contribution < -0.4 is 11.1 Å². The van der Waals surface area contributed by atoms with Crippen LogP contribution in [0.15, 0.2) is 24.3 Å². The summed E-state index contributed by atoms with van der Waals surface area (Å²) >= 11 is 0. The normalized spacial score (nSPS) is 17.5. The van der Waals surface area contributed by atoms with Gasteiger partial charge in [0.15, 0.2) is 0 Å². The van der Waals surface area contributed by atoms with Gasteiger partial charge >= 0.3 is 0 Å². The maximum absolute atomic E-state index is 11.7. The van der Waals surface area contributed by atoms with Gasteiger partial charge in [-0.15, -0.1) is 0 Å². The lowest BCUT2D eigenvalue weighted by atomic mass is 10.1. The number of carbonyl (C=O) groups excluding carboxylic acids is 1. The lowest BCUT2D eigenvalue weighted by Crippen LogP contribution is -2.48. The first-order chi connectivity index (χ1) is 10.3. The number of aliphatic hydroxyl groups excluding tert-OH is 1. The van der Waals surface area contributed by atoms with Gasteiger partial charge in [0.1, 0.15) is 0 Å². The van der Waals surface area contributed by atoms with Crippen LogP contribution in [0.4, 0.5) is 0 Å². The van der Waals surface area contributed by atoms with E-state index in [2.05, 4.69) is 22.3 Å². The molecule has 0 spiro atoms. The molecule has 0 bridgehead atoms. The van der Waals surface area contributed by atoms with E-state index >= 15 is 0 Å². The van der Waals surface area contributed by atoms with Crippen LogP contribution in [0.25, 0.3) is 0 Å². The van der Waals surface area contributed by atoms with Gasteiger partial charge in [0.05, 0.1) is 11.6 Å². The van der Waals surface area contributed by atoms with E-state index in [1.807, 2.05) is 12.1 Å². The fourth-order valence-electron chi connectivity index (χ4n) is 2.51. The average Bonchev–Trinajstić information content (AvgIpc) is 2.47. The molecule has 1 amide bonds. The van der Waals surface area contributed by atoms with Crippen molar-refractivity contribution in [2.24, 2.45) is 5.73 Å². The summed E-state index contributed by atoms with van der Waals surface area (Å²) in [4.78, 5) is 14.1. The number of hydrogen-bond acceptors (Lipinski definition) is 4. The smallest absolute Gasteiger partial charge is 0.239 e.